The van der Waals surface area contributed by atoms with Crippen molar-refractivity contribution in [3.05, 3.63) is 59.4 Å². The van der Waals surface area contributed by atoms with Crippen LogP contribution in [0.4, 0.5) is 0 Å². The topological polar surface area (TPSA) is 38.1 Å². The predicted octanol–water partition coefficient (Wildman–Crippen LogP) is 5.16. The van der Waals surface area contributed by atoms with E-state index in [2.05, 4.69) is 49.4 Å². The van der Waals surface area contributed by atoms with Gasteiger partial charge in [0.15, 0.2) is 0 Å². The van der Waals surface area contributed by atoms with Gasteiger partial charge in [-0.05, 0) is 55.4 Å². The second-order valence-electron chi connectivity index (χ2n) is 8.56. The van der Waals surface area contributed by atoms with E-state index < -0.39 is 0 Å². The molecule has 0 spiro atoms. The first kappa shape index (κ1) is 19.9. The number of benzene rings is 1. The van der Waals surface area contributed by atoms with Crippen LogP contribution in [0.15, 0.2) is 36.9 Å². The van der Waals surface area contributed by atoms with Crippen molar-refractivity contribution in [2.24, 2.45) is 0 Å². The molecule has 154 valence electrons. The molecule has 1 amide bonds. The predicted molar refractivity (Wildman–Crippen MR) is 118 cm³/mol. The molecule has 1 atom stereocenters. The van der Waals surface area contributed by atoms with Crippen molar-refractivity contribution in [3.8, 4) is 5.69 Å². The molecule has 1 aliphatic heterocycles. The van der Waals surface area contributed by atoms with Gasteiger partial charge >= 0.3 is 0 Å². The molecule has 4 heteroatoms. The van der Waals surface area contributed by atoms with Crippen LogP contribution in [0.1, 0.15) is 80.3 Å². The maximum Gasteiger partial charge on any atom is 0.245 e. The van der Waals surface area contributed by atoms with Gasteiger partial charge in [0.2, 0.25) is 5.91 Å². The molecule has 4 rings (SSSR count). The largest absolute Gasteiger partial charge is 0.338 e. The van der Waals surface area contributed by atoms with E-state index in [-0.39, 0.29) is 5.91 Å². The van der Waals surface area contributed by atoms with Gasteiger partial charge in [-0.3, -0.25) is 4.79 Å². The van der Waals surface area contributed by atoms with E-state index in [0.29, 0.717) is 5.92 Å². The summed E-state index contributed by atoms with van der Waals surface area (Å²) in [6, 6.07) is 9.04. The van der Waals surface area contributed by atoms with Crippen LogP contribution in [0.3, 0.4) is 0 Å². The second-order valence-corrected chi connectivity index (χ2v) is 8.56. The zero-order chi connectivity index (χ0) is 20.4. The van der Waals surface area contributed by atoms with Crippen LogP contribution in [0.25, 0.3) is 5.69 Å². The number of fused-ring (bicyclic) bond motifs is 1. The van der Waals surface area contributed by atoms with Crippen LogP contribution in [-0.2, 0) is 17.6 Å². The molecule has 0 bridgehead atoms. The minimum absolute atomic E-state index is 0.0387. The summed E-state index contributed by atoms with van der Waals surface area (Å²) in [5.74, 6) is 1.16. The standard InChI is InChI=1S/C25H33N3O/c1-4-7-20-17-27(24(29)6-3)16-15-22-25(20)23(8-5-2)28(26-22)21-13-11-19(12-14-21)18-9-10-18/h6,11-14,18,20H,3-5,7-10,15-17H2,1-2H3. The number of nitrogens with zero attached hydrogens (tertiary/aromatic N) is 3. The van der Waals surface area contributed by atoms with Crippen molar-refractivity contribution in [2.45, 2.75) is 70.6 Å². The molecule has 1 aliphatic carbocycles. The highest BCUT2D eigenvalue weighted by molar-refractivity contribution is 5.87. The number of carbonyl (C=O) groups is 1. The number of hydrogen-bond donors (Lipinski definition) is 0. The number of rotatable bonds is 7. The van der Waals surface area contributed by atoms with E-state index in [4.69, 9.17) is 5.10 Å². The third kappa shape index (κ3) is 4.03. The lowest BCUT2D eigenvalue weighted by atomic mass is 9.91. The Morgan fingerprint density at radius 3 is 2.59 bits per heavy atom. The molecule has 1 saturated carbocycles. The Balaban J connectivity index is 1.73. The van der Waals surface area contributed by atoms with E-state index >= 15 is 0 Å². The van der Waals surface area contributed by atoms with Crippen LogP contribution >= 0.6 is 0 Å². The molecule has 1 aromatic heterocycles. The molecule has 2 heterocycles. The van der Waals surface area contributed by atoms with Gasteiger partial charge in [0.05, 0.1) is 11.4 Å². The zero-order valence-electron chi connectivity index (χ0n) is 17.9. The summed E-state index contributed by atoms with van der Waals surface area (Å²) >= 11 is 0. The van der Waals surface area contributed by atoms with Crippen LogP contribution in [0.2, 0.25) is 0 Å². The maximum atomic E-state index is 12.3. The molecular weight excluding hydrogens is 358 g/mol. The Kier molecular flexibility index (Phi) is 5.89. The van der Waals surface area contributed by atoms with Gasteiger partial charge in [0.25, 0.3) is 0 Å². The number of amides is 1. The molecule has 1 fully saturated rings. The molecule has 1 unspecified atom stereocenters. The fourth-order valence-electron chi connectivity index (χ4n) is 4.77. The zero-order valence-corrected chi connectivity index (χ0v) is 17.9. The lowest BCUT2D eigenvalue weighted by molar-refractivity contribution is -0.126. The average Bonchev–Trinajstić information content (AvgIpc) is 3.55. The van der Waals surface area contributed by atoms with Gasteiger partial charge in [-0.1, -0.05) is 45.4 Å². The minimum Gasteiger partial charge on any atom is -0.338 e. The van der Waals surface area contributed by atoms with Crippen LogP contribution in [0, 0.1) is 0 Å². The molecule has 29 heavy (non-hydrogen) atoms. The molecule has 0 radical (unpaired) electrons. The first-order valence-electron chi connectivity index (χ1n) is 11.3. The second kappa shape index (κ2) is 8.56. The minimum atomic E-state index is 0.0387. The fraction of sp³-hybridized carbons (Fsp3) is 0.520. The van der Waals surface area contributed by atoms with Gasteiger partial charge in [0.1, 0.15) is 0 Å². The molecule has 0 saturated heterocycles. The van der Waals surface area contributed by atoms with Crippen molar-refractivity contribution in [1.29, 1.82) is 0 Å². The summed E-state index contributed by atoms with van der Waals surface area (Å²) in [5.41, 5.74) is 6.55. The van der Waals surface area contributed by atoms with Crippen LogP contribution in [-0.4, -0.2) is 33.7 Å². The number of hydrogen-bond acceptors (Lipinski definition) is 2. The Morgan fingerprint density at radius 2 is 1.97 bits per heavy atom. The Bertz CT molecular complexity index is 876. The van der Waals surface area contributed by atoms with Crippen molar-refractivity contribution < 1.29 is 4.79 Å². The maximum absolute atomic E-state index is 12.3. The van der Waals surface area contributed by atoms with E-state index in [1.165, 1.54) is 47.1 Å². The number of aromatic nitrogens is 2. The first-order chi connectivity index (χ1) is 14.2. The van der Waals surface area contributed by atoms with Crippen molar-refractivity contribution >= 4 is 5.91 Å². The smallest absolute Gasteiger partial charge is 0.245 e. The Hall–Kier alpha value is -2.36. The fourth-order valence-corrected chi connectivity index (χ4v) is 4.77. The molecule has 1 aromatic carbocycles. The van der Waals surface area contributed by atoms with E-state index in [0.717, 1.165) is 51.1 Å². The van der Waals surface area contributed by atoms with Gasteiger partial charge in [-0.15, -0.1) is 0 Å². The third-order valence-electron chi connectivity index (χ3n) is 6.36. The lowest BCUT2D eigenvalue weighted by Crippen LogP contribution is -2.33. The van der Waals surface area contributed by atoms with E-state index in [1.807, 2.05) is 4.90 Å². The van der Waals surface area contributed by atoms with Crippen LogP contribution < -0.4 is 0 Å². The third-order valence-corrected chi connectivity index (χ3v) is 6.36. The van der Waals surface area contributed by atoms with Crippen LogP contribution in [0.5, 0.6) is 0 Å². The van der Waals surface area contributed by atoms with Gasteiger partial charge in [-0.25, -0.2) is 4.68 Å². The van der Waals surface area contributed by atoms with Crippen molar-refractivity contribution in [2.75, 3.05) is 13.1 Å². The number of carbonyl (C=O) groups excluding carboxylic acids is 1. The van der Waals surface area contributed by atoms with E-state index in [1.54, 1.807) is 0 Å². The van der Waals surface area contributed by atoms with Crippen molar-refractivity contribution in [1.82, 2.24) is 14.7 Å². The highest BCUT2D eigenvalue weighted by atomic mass is 16.2. The molecular formula is C25H33N3O. The summed E-state index contributed by atoms with van der Waals surface area (Å²) in [5, 5.41) is 5.09. The molecule has 4 nitrogen and oxygen atoms in total. The summed E-state index contributed by atoms with van der Waals surface area (Å²) in [6.45, 7) is 9.65. The van der Waals surface area contributed by atoms with Crippen molar-refractivity contribution in [3.63, 3.8) is 0 Å². The van der Waals surface area contributed by atoms with Gasteiger partial charge < -0.3 is 4.90 Å². The highest BCUT2D eigenvalue weighted by Gasteiger charge is 2.31. The molecule has 2 aliphatic rings. The summed E-state index contributed by atoms with van der Waals surface area (Å²) in [6.07, 6.45) is 9.21. The molecule has 2 aromatic rings. The monoisotopic (exact) mass is 391 g/mol. The SMILES string of the molecule is C=CC(=O)N1CCc2nn(-c3ccc(C4CC4)cc3)c(CCC)c2C(CCC)C1. The Labute approximate surface area is 174 Å². The average molecular weight is 392 g/mol. The Morgan fingerprint density at radius 1 is 1.21 bits per heavy atom. The summed E-state index contributed by atoms with van der Waals surface area (Å²) < 4.78 is 2.19. The van der Waals surface area contributed by atoms with Gasteiger partial charge in [-0.2, -0.15) is 5.10 Å². The van der Waals surface area contributed by atoms with Gasteiger partial charge in [0, 0.05) is 36.7 Å². The quantitative estimate of drug-likeness (QED) is 0.612. The van der Waals surface area contributed by atoms with E-state index in [9.17, 15) is 4.79 Å². The highest BCUT2D eigenvalue weighted by Crippen LogP contribution is 2.40. The summed E-state index contributed by atoms with van der Waals surface area (Å²) in [7, 11) is 0. The first-order valence-corrected chi connectivity index (χ1v) is 11.3. The summed E-state index contributed by atoms with van der Waals surface area (Å²) in [4.78, 5) is 14.3. The lowest BCUT2D eigenvalue weighted by Gasteiger charge is -2.24. The normalized spacial score (nSPS) is 19.0. The molecule has 0 N–H and O–H groups in total.